The summed E-state index contributed by atoms with van der Waals surface area (Å²) in [6, 6.07) is 0. The van der Waals surface area contributed by atoms with Gasteiger partial charge in [0.25, 0.3) is 0 Å². The molecule has 0 heterocycles. The van der Waals surface area contributed by atoms with Gasteiger partial charge in [-0.1, -0.05) is 0 Å². The van der Waals surface area contributed by atoms with Gasteiger partial charge in [-0.15, -0.1) is 24.0 Å². The van der Waals surface area contributed by atoms with Crippen LogP contribution < -0.4 is 10.6 Å². The normalized spacial score (nSPS) is 12.1. The standard InChI is InChI=1S/C15H34N4O4S.HI/c1-5-16-15(18-10-8-12-23-14-13-22-4)17-9-7-11-19(3)24(20,21)6-2;/h5-14H2,1-4H3,(H2,16,17,18);1H. The van der Waals surface area contributed by atoms with Gasteiger partial charge in [0.2, 0.25) is 10.0 Å². The average Bonchev–Trinajstić information content (AvgIpc) is 2.57. The van der Waals surface area contributed by atoms with Crippen molar-refractivity contribution in [2.45, 2.75) is 26.7 Å². The molecule has 0 aromatic carbocycles. The highest BCUT2D eigenvalue weighted by atomic mass is 127. The molecule has 0 spiro atoms. The molecule has 0 unspecified atom stereocenters. The first kappa shape index (κ1) is 27.1. The van der Waals surface area contributed by atoms with E-state index in [4.69, 9.17) is 9.47 Å². The van der Waals surface area contributed by atoms with Gasteiger partial charge in [-0.05, 0) is 26.7 Å². The van der Waals surface area contributed by atoms with Gasteiger partial charge in [0.1, 0.15) is 0 Å². The van der Waals surface area contributed by atoms with Crippen molar-refractivity contribution >= 4 is 40.0 Å². The van der Waals surface area contributed by atoms with E-state index in [2.05, 4.69) is 15.6 Å². The minimum absolute atomic E-state index is 0. The fourth-order valence-corrected chi connectivity index (χ4v) is 2.66. The molecule has 0 amide bonds. The molecular weight excluding hydrogens is 459 g/mol. The first-order valence-corrected chi connectivity index (χ1v) is 10.1. The highest BCUT2D eigenvalue weighted by Crippen LogP contribution is 1.98. The van der Waals surface area contributed by atoms with Gasteiger partial charge in [0.05, 0.1) is 19.0 Å². The van der Waals surface area contributed by atoms with E-state index in [9.17, 15) is 8.42 Å². The SMILES string of the molecule is CCNC(=NCCCOCCOC)NCCCN(C)S(=O)(=O)CC.I. The summed E-state index contributed by atoms with van der Waals surface area (Å²) in [7, 11) is 0.163. The summed E-state index contributed by atoms with van der Waals surface area (Å²) in [5, 5.41) is 6.38. The second-order valence-corrected chi connectivity index (χ2v) is 7.59. The molecule has 8 nitrogen and oxygen atoms in total. The molecule has 152 valence electrons. The molecule has 0 aliphatic rings. The summed E-state index contributed by atoms with van der Waals surface area (Å²) < 4.78 is 35.0. The zero-order chi connectivity index (χ0) is 18.3. The fraction of sp³-hybridized carbons (Fsp3) is 0.933. The minimum atomic E-state index is -3.10. The van der Waals surface area contributed by atoms with Crippen LogP contribution in [-0.2, 0) is 19.5 Å². The zero-order valence-corrected chi connectivity index (χ0v) is 19.1. The summed E-state index contributed by atoms with van der Waals surface area (Å²) >= 11 is 0. The maximum atomic E-state index is 11.6. The van der Waals surface area contributed by atoms with Crippen molar-refractivity contribution in [2.75, 3.05) is 65.9 Å². The van der Waals surface area contributed by atoms with Crippen LogP contribution in [0.4, 0.5) is 0 Å². The Morgan fingerprint density at radius 1 is 1.12 bits per heavy atom. The number of hydrogen-bond acceptors (Lipinski definition) is 5. The first-order valence-electron chi connectivity index (χ1n) is 8.50. The van der Waals surface area contributed by atoms with E-state index >= 15 is 0 Å². The Bertz CT molecular complexity index is 435. The quantitative estimate of drug-likeness (QED) is 0.161. The molecule has 0 aromatic rings. The molecular formula is C15H35IN4O4S. The Labute approximate surface area is 170 Å². The van der Waals surface area contributed by atoms with Gasteiger partial charge < -0.3 is 20.1 Å². The van der Waals surface area contributed by atoms with Crippen molar-refractivity contribution in [2.24, 2.45) is 4.99 Å². The molecule has 0 saturated carbocycles. The lowest BCUT2D eigenvalue weighted by atomic mass is 10.4. The monoisotopic (exact) mass is 494 g/mol. The van der Waals surface area contributed by atoms with Crippen molar-refractivity contribution in [1.29, 1.82) is 0 Å². The zero-order valence-electron chi connectivity index (χ0n) is 15.9. The lowest BCUT2D eigenvalue weighted by Crippen LogP contribution is -2.39. The van der Waals surface area contributed by atoms with E-state index in [-0.39, 0.29) is 29.7 Å². The van der Waals surface area contributed by atoms with Crippen LogP contribution in [0.25, 0.3) is 0 Å². The Hall–Kier alpha value is -0.170. The van der Waals surface area contributed by atoms with E-state index in [1.165, 1.54) is 4.31 Å². The molecule has 25 heavy (non-hydrogen) atoms. The number of nitrogens with one attached hydrogen (secondary N) is 2. The van der Waals surface area contributed by atoms with Gasteiger partial charge in [-0.25, -0.2) is 12.7 Å². The van der Waals surface area contributed by atoms with Crippen LogP contribution in [0, 0.1) is 0 Å². The van der Waals surface area contributed by atoms with Crippen molar-refractivity contribution in [3.05, 3.63) is 0 Å². The Balaban J connectivity index is 0. The van der Waals surface area contributed by atoms with Crippen LogP contribution in [0.1, 0.15) is 26.7 Å². The van der Waals surface area contributed by atoms with Crippen LogP contribution in [0.3, 0.4) is 0 Å². The maximum Gasteiger partial charge on any atom is 0.213 e. The molecule has 0 aliphatic heterocycles. The average molecular weight is 494 g/mol. The third kappa shape index (κ3) is 14.7. The number of rotatable bonds is 14. The lowest BCUT2D eigenvalue weighted by Gasteiger charge is -2.16. The van der Waals surface area contributed by atoms with E-state index < -0.39 is 10.0 Å². The Morgan fingerprint density at radius 2 is 1.84 bits per heavy atom. The van der Waals surface area contributed by atoms with Gasteiger partial charge in [0.15, 0.2) is 5.96 Å². The van der Waals surface area contributed by atoms with Gasteiger partial charge in [-0.2, -0.15) is 0 Å². The van der Waals surface area contributed by atoms with Crippen LogP contribution >= 0.6 is 24.0 Å². The second-order valence-electron chi connectivity index (χ2n) is 5.22. The van der Waals surface area contributed by atoms with Crippen molar-refractivity contribution < 1.29 is 17.9 Å². The van der Waals surface area contributed by atoms with Gasteiger partial charge in [0, 0.05) is 46.9 Å². The molecule has 0 aliphatic carbocycles. The number of nitrogens with zero attached hydrogens (tertiary/aromatic N) is 2. The summed E-state index contributed by atoms with van der Waals surface area (Å²) in [6.07, 6.45) is 1.57. The van der Waals surface area contributed by atoms with E-state index in [1.807, 2.05) is 6.92 Å². The van der Waals surface area contributed by atoms with Crippen LogP contribution in [0.15, 0.2) is 4.99 Å². The largest absolute Gasteiger partial charge is 0.382 e. The number of ether oxygens (including phenoxy) is 2. The number of guanidine groups is 1. The molecule has 0 fully saturated rings. The van der Waals surface area contributed by atoms with E-state index in [0.29, 0.717) is 39.5 Å². The number of methoxy groups -OCH3 is 1. The summed E-state index contributed by atoms with van der Waals surface area (Å²) in [6.45, 7) is 8.14. The van der Waals surface area contributed by atoms with Gasteiger partial charge >= 0.3 is 0 Å². The summed E-state index contributed by atoms with van der Waals surface area (Å²) in [5.41, 5.74) is 0. The molecule has 0 radical (unpaired) electrons. The van der Waals surface area contributed by atoms with Crippen molar-refractivity contribution in [3.63, 3.8) is 0 Å². The van der Waals surface area contributed by atoms with Crippen LogP contribution in [-0.4, -0.2) is 84.6 Å². The van der Waals surface area contributed by atoms with Crippen LogP contribution in [0.5, 0.6) is 0 Å². The molecule has 0 bridgehead atoms. The predicted molar refractivity (Wildman–Crippen MR) is 113 cm³/mol. The molecule has 10 heteroatoms. The van der Waals surface area contributed by atoms with Crippen molar-refractivity contribution in [1.82, 2.24) is 14.9 Å². The number of sulfonamides is 1. The molecule has 2 N–H and O–H groups in total. The molecule has 0 rings (SSSR count). The second kappa shape index (κ2) is 17.3. The minimum Gasteiger partial charge on any atom is -0.382 e. The summed E-state index contributed by atoms with van der Waals surface area (Å²) in [4.78, 5) is 4.46. The topological polar surface area (TPSA) is 92.3 Å². The van der Waals surface area contributed by atoms with Crippen LogP contribution in [0.2, 0.25) is 0 Å². The smallest absolute Gasteiger partial charge is 0.213 e. The van der Waals surface area contributed by atoms with E-state index in [1.54, 1.807) is 21.1 Å². The first-order chi connectivity index (χ1) is 11.5. The number of halogens is 1. The molecule has 0 saturated heterocycles. The highest BCUT2D eigenvalue weighted by molar-refractivity contribution is 14.0. The highest BCUT2D eigenvalue weighted by Gasteiger charge is 2.13. The van der Waals surface area contributed by atoms with Crippen molar-refractivity contribution in [3.8, 4) is 0 Å². The Kier molecular flexibility index (Phi) is 18.7. The fourth-order valence-electron chi connectivity index (χ4n) is 1.81. The van der Waals surface area contributed by atoms with E-state index in [0.717, 1.165) is 25.3 Å². The summed E-state index contributed by atoms with van der Waals surface area (Å²) in [5.74, 6) is 0.878. The third-order valence-electron chi connectivity index (χ3n) is 3.27. The maximum absolute atomic E-state index is 11.6. The molecule has 0 aromatic heterocycles. The lowest BCUT2D eigenvalue weighted by molar-refractivity contribution is 0.0702. The Morgan fingerprint density at radius 3 is 2.44 bits per heavy atom. The number of aliphatic imine (C=N–C) groups is 1. The third-order valence-corrected chi connectivity index (χ3v) is 5.14. The molecule has 0 atom stereocenters. The number of hydrogen-bond donors (Lipinski definition) is 2. The van der Waals surface area contributed by atoms with Gasteiger partial charge in [-0.3, -0.25) is 4.99 Å². The predicted octanol–water partition coefficient (Wildman–Crippen LogP) is 0.884.